The van der Waals surface area contributed by atoms with E-state index in [1.165, 1.54) is 6.21 Å². The molecule has 2 aromatic carbocycles. The predicted molar refractivity (Wildman–Crippen MR) is 87.8 cm³/mol. The molecule has 0 radical (unpaired) electrons. The largest absolute Gasteiger partial charge is 0.282 e. The fourth-order valence-electron chi connectivity index (χ4n) is 2.05. The Hall–Kier alpha value is -2.08. The molecular formula is C17H17F2NO2S. The maximum absolute atomic E-state index is 13.1. The maximum Gasteiger partial charge on any atom is 0.261 e. The summed E-state index contributed by atoms with van der Waals surface area (Å²) < 4.78 is 50.4. The van der Waals surface area contributed by atoms with Gasteiger partial charge in [-0.2, -0.15) is 0 Å². The molecule has 3 nitrogen and oxygen atoms in total. The van der Waals surface area contributed by atoms with E-state index in [9.17, 15) is 17.2 Å². The molecule has 2 aromatic rings. The average Bonchev–Trinajstić information content (AvgIpc) is 2.52. The minimum atomic E-state index is -3.68. The van der Waals surface area contributed by atoms with Gasteiger partial charge in [-0.05, 0) is 11.1 Å². The van der Waals surface area contributed by atoms with Crippen LogP contribution in [-0.2, 0) is 15.6 Å². The first-order valence-corrected chi connectivity index (χ1v) is 8.89. The van der Waals surface area contributed by atoms with Gasteiger partial charge < -0.3 is 0 Å². The van der Waals surface area contributed by atoms with Crippen LogP contribution in [0, 0.1) is 0 Å². The van der Waals surface area contributed by atoms with Crippen molar-refractivity contribution in [3.8, 4) is 0 Å². The summed E-state index contributed by atoms with van der Waals surface area (Å²) >= 11 is 0. The number of nitrogens with zero attached hydrogens (tertiary/aromatic N) is 1. The lowest BCUT2D eigenvalue weighted by molar-refractivity contribution is 0.125. The Morgan fingerprint density at radius 3 is 2.09 bits per heavy atom. The number of benzene rings is 2. The first kappa shape index (κ1) is 17.3. The summed E-state index contributed by atoms with van der Waals surface area (Å²) in [6, 6.07) is 15.7. The normalized spacial score (nSPS) is 13.5. The summed E-state index contributed by atoms with van der Waals surface area (Å²) in [6.45, 7) is 0. The Bertz CT molecular complexity index is 732. The molecule has 0 heterocycles. The van der Waals surface area contributed by atoms with Gasteiger partial charge in [0.05, 0.1) is 11.5 Å². The highest BCUT2D eigenvalue weighted by atomic mass is 32.2. The fraction of sp³-hybridized carbons (Fsp3) is 0.235. The predicted octanol–water partition coefficient (Wildman–Crippen LogP) is 3.35. The topological polar surface area (TPSA) is 46.5 Å². The van der Waals surface area contributed by atoms with Gasteiger partial charge in [-0.25, -0.2) is 17.2 Å². The number of halogens is 2. The standard InChI is InChI=1S/C17H17F2NO2S/c18-17(19)16(20-11-14-7-3-1-4-8-14)13-23(21,22)12-15-9-5-2-6-10-15/h1-11,16-17H,12-13H2. The summed E-state index contributed by atoms with van der Waals surface area (Å²) in [5.74, 6) is -0.944. The first-order valence-electron chi connectivity index (χ1n) is 7.07. The number of alkyl halides is 2. The van der Waals surface area contributed by atoms with E-state index in [2.05, 4.69) is 4.99 Å². The van der Waals surface area contributed by atoms with Crippen LogP contribution in [-0.4, -0.2) is 32.9 Å². The van der Waals surface area contributed by atoms with Crippen LogP contribution in [0.1, 0.15) is 11.1 Å². The molecule has 0 saturated carbocycles. The number of rotatable bonds is 7. The minimum absolute atomic E-state index is 0.266. The molecule has 122 valence electrons. The van der Waals surface area contributed by atoms with Gasteiger partial charge in [0.2, 0.25) is 0 Å². The van der Waals surface area contributed by atoms with E-state index in [0.29, 0.717) is 11.1 Å². The third kappa shape index (κ3) is 5.90. The second kappa shape index (κ2) is 7.97. The third-order valence-corrected chi connectivity index (χ3v) is 4.78. The van der Waals surface area contributed by atoms with Crippen molar-refractivity contribution in [3.05, 3.63) is 71.8 Å². The first-order chi connectivity index (χ1) is 11.0. The summed E-state index contributed by atoms with van der Waals surface area (Å²) in [6.07, 6.45) is -1.55. The summed E-state index contributed by atoms with van der Waals surface area (Å²) in [7, 11) is -3.68. The van der Waals surface area contributed by atoms with Crippen molar-refractivity contribution in [3.63, 3.8) is 0 Å². The van der Waals surface area contributed by atoms with Crippen LogP contribution in [0.2, 0.25) is 0 Å². The van der Waals surface area contributed by atoms with Crippen LogP contribution < -0.4 is 0 Å². The fourth-order valence-corrected chi connectivity index (χ4v) is 3.62. The molecular weight excluding hydrogens is 320 g/mol. The molecule has 0 spiro atoms. The lowest BCUT2D eigenvalue weighted by Crippen LogP contribution is -2.27. The van der Waals surface area contributed by atoms with E-state index in [0.717, 1.165) is 0 Å². The van der Waals surface area contributed by atoms with Crippen LogP contribution in [0.15, 0.2) is 65.7 Å². The minimum Gasteiger partial charge on any atom is -0.282 e. The number of sulfone groups is 1. The zero-order valence-corrected chi connectivity index (χ0v) is 13.2. The van der Waals surface area contributed by atoms with E-state index >= 15 is 0 Å². The van der Waals surface area contributed by atoms with E-state index in [4.69, 9.17) is 0 Å². The van der Waals surface area contributed by atoms with Crippen molar-refractivity contribution in [2.75, 3.05) is 5.75 Å². The van der Waals surface area contributed by atoms with Crippen molar-refractivity contribution in [2.45, 2.75) is 18.2 Å². The molecule has 2 rings (SSSR count). The zero-order chi connectivity index (χ0) is 16.7. The second-order valence-corrected chi connectivity index (χ2v) is 7.24. The van der Waals surface area contributed by atoms with Gasteiger partial charge in [-0.3, -0.25) is 4.99 Å². The highest BCUT2D eigenvalue weighted by Gasteiger charge is 2.26. The van der Waals surface area contributed by atoms with Crippen molar-refractivity contribution in [1.29, 1.82) is 0 Å². The Balaban J connectivity index is 2.08. The van der Waals surface area contributed by atoms with E-state index in [1.807, 2.05) is 0 Å². The SMILES string of the molecule is O=S(=O)(Cc1ccccc1)CC(N=Cc1ccccc1)C(F)F. The number of aliphatic imine (C=N–C) groups is 1. The Labute approximate surface area is 134 Å². The molecule has 6 heteroatoms. The van der Waals surface area contributed by atoms with Crippen molar-refractivity contribution >= 4 is 16.1 Å². The van der Waals surface area contributed by atoms with Gasteiger partial charge in [0.1, 0.15) is 6.04 Å². The Morgan fingerprint density at radius 1 is 0.957 bits per heavy atom. The lowest BCUT2D eigenvalue weighted by Gasteiger charge is -2.12. The molecule has 1 unspecified atom stereocenters. The van der Waals surface area contributed by atoms with E-state index in [-0.39, 0.29) is 5.75 Å². The highest BCUT2D eigenvalue weighted by Crippen LogP contribution is 2.13. The number of hydrogen-bond acceptors (Lipinski definition) is 3. The van der Waals surface area contributed by atoms with Crippen LogP contribution in [0.25, 0.3) is 0 Å². The second-order valence-electron chi connectivity index (χ2n) is 5.13. The molecule has 0 amide bonds. The van der Waals surface area contributed by atoms with Crippen molar-refractivity contribution in [2.24, 2.45) is 4.99 Å². The molecule has 0 aliphatic carbocycles. The van der Waals surface area contributed by atoms with Crippen LogP contribution >= 0.6 is 0 Å². The Morgan fingerprint density at radius 2 is 1.52 bits per heavy atom. The summed E-state index contributed by atoms with van der Waals surface area (Å²) in [4.78, 5) is 3.77. The highest BCUT2D eigenvalue weighted by molar-refractivity contribution is 7.90. The molecule has 0 fully saturated rings. The maximum atomic E-state index is 13.1. The van der Waals surface area contributed by atoms with Crippen LogP contribution in [0.3, 0.4) is 0 Å². The van der Waals surface area contributed by atoms with Gasteiger partial charge in [0, 0.05) is 6.21 Å². The van der Waals surface area contributed by atoms with Gasteiger partial charge in [-0.1, -0.05) is 60.7 Å². The van der Waals surface area contributed by atoms with Gasteiger partial charge in [-0.15, -0.1) is 0 Å². The monoisotopic (exact) mass is 337 g/mol. The molecule has 0 bridgehead atoms. The van der Waals surface area contributed by atoms with Gasteiger partial charge >= 0.3 is 0 Å². The van der Waals surface area contributed by atoms with Crippen LogP contribution in [0.5, 0.6) is 0 Å². The van der Waals surface area contributed by atoms with Gasteiger partial charge in [0.25, 0.3) is 6.43 Å². The van der Waals surface area contributed by atoms with Gasteiger partial charge in [0.15, 0.2) is 9.84 Å². The van der Waals surface area contributed by atoms with Crippen LogP contribution in [0.4, 0.5) is 8.78 Å². The summed E-state index contributed by atoms with van der Waals surface area (Å²) in [5, 5.41) is 0. The average molecular weight is 337 g/mol. The quantitative estimate of drug-likeness (QED) is 0.727. The molecule has 23 heavy (non-hydrogen) atoms. The Kier molecular flexibility index (Phi) is 5.98. The zero-order valence-electron chi connectivity index (χ0n) is 12.3. The van der Waals surface area contributed by atoms with E-state index in [1.54, 1.807) is 60.7 Å². The third-order valence-electron chi connectivity index (χ3n) is 3.16. The molecule has 1 atom stereocenters. The smallest absolute Gasteiger partial charge is 0.261 e. The summed E-state index contributed by atoms with van der Waals surface area (Å²) in [5.41, 5.74) is 1.23. The van der Waals surface area contributed by atoms with E-state index < -0.39 is 28.1 Å². The lowest BCUT2D eigenvalue weighted by atomic mass is 10.2. The molecule has 0 saturated heterocycles. The van der Waals surface area contributed by atoms with Crippen molar-refractivity contribution < 1.29 is 17.2 Å². The molecule has 0 aromatic heterocycles. The molecule has 0 aliphatic rings. The van der Waals surface area contributed by atoms with Crippen molar-refractivity contribution in [1.82, 2.24) is 0 Å². The molecule has 0 aliphatic heterocycles. The number of hydrogen-bond donors (Lipinski definition) is 0. The molecule has 0 N–H and O–H groups in total.